The molecule has 3 nitrogen and oxygen atoms in total. The standard InChI is InChI=1S/C9H12NO2P/c11-13(7-1-2-7,8-3-4-8)9-5-10-6-12-9/h5-8H,1-4H2. The Morgan fingerprint density at radius 1 is 1.31 bits per heavy atom. The maximum atomic E-state index is 12.7. The molecule has 70 valence electrons. The largest absolute Gasteiger partial charge is 0.441 e. The van der Waals surface area contributed by atoms with Crippen LogP contribution in [0.25, 0.3) is 0 Å². The molecule has 0 saturated heterocycles. The Labute approximate surface area is 76.9 Å². The molecule has 13 heavy (non-hydrogen) atoms. The highest BCUT2D eigenvalue weighted by Gasteiger charge is 2.53. The zero-order valence-corrected chi connectivity index (χ0v) is 8.24. The van der Waals surface area contributed by atoms with E-state index in [0.717, 1.165) is 25.7 Å². The minimum Gasteiger partial charge on any atom is -0.441 e. The Bertz CT molecular complexity index is 336. The van der Waals surface area contributed by atoms with E-state index in [-0.39, 0.29) is 0 Å². The minimum absolute atomic E-state index is 0.424. The van der Waals surface area contributed by atoms with Gasteiger partial charge < -0.3 is 8.98 Å². The van der Waals surface area contributed by atoms with Crippen molar-refractivity contribution in [1.29, 1.82) is 0 Å². The van der Waals surface area contributed by atoms with Crippen molar-refractivity contribution in [2.24, 2.45) is 0 Å². The molecule has 0 aromatic carbocycles. The van der Waals surface area contributed by atoms with Crippen LogP contribution < -0.4 is 5.50 Å². The van der Waals surface area contributed by atoms with E-state index in [1.54, 1.807) is 6.20 Å². The van der Waals surface area contributed by atoms with Crippen LogP contribution >= 0.6 is 7.14 Å². The molecule has 1 aromatic heterocycles. The molecular formula is C9H12NO2P. The van der Waals surface area contributed by atoms with E-state index >= 15 is 0 Å². The molecule has 0 amide bonds. The molecule has 2 saturated carbocycles. The van der Waals surface area contributed by atoms with Gasteiger partial charge in [-0.05, 0) is 25.7 Å². The van der Waals surface area contributed by atoms with Gasteiger partial charge in [-0.15, -0.1) is 0 Å². The third-order valence-corrected chi connectivity index (χ3v) is 7.05. The summed E-state index contributed by atoms with van der Waals surface area (Å²) in [5, 5.41) is 0. The second kappa shape index (κ2) is 2.48. The average molecular weight is 197 g/mol. The molecule has 2 fully saturated rings. The van der Waals surface area contributed by atoms with Gasteiger partial charge in [-0.2, -0.15) is 0 Å². The topological polar surface area (TPSA) is 43.1 Å². The highest BCUT2D eigenvalue weighted by atomic mass is 31.2. The lowest BCUT2D eigenvalue weighted by Gasteiger charge is -2.12. The van der Waals surface area contributed by atoms with Crippen molar-refractivity contribution in [3.05, 3.63) is 12.6 Å². The van der Waals surface area contributed by atoms with E-state index in [0.29, 0.717) is 16.8 Å². The molecule has 4 heteroatoms. The summed E-state index contributed by atoms with van der Waals surface area (Å²) in [6, 6.07) is 0. The zero-order chi connectivity index (χ0) is 8.89. The summed E-state index contributed by atoms with van der Waals surface area (Å²) >= 11 is 0. The van der Waals surface area contributed by atoms with Crippen molar-refractivity contribution in [1.82, 2.24) is 4.98 Å². The number of oxazole rings is 1. The van der Waals surface area contributed by atoms with Crippen LogP contribution in [0.1, 0.15) is 25.7 Å². The van der Waals surface area contributed by atoms with E-state index in [1.165, 1.54) is 6.39 Å². The Hall–Kier alpha value is -0.560. The Kier molecular flexibility index (Phi) is 1.49. The van der Waals surface area contributed by atoms with Crippen LogP contribution in [0.3, 0.4) is 0 Å². The first-order valence-electron chi connectivity index (χ1n) is 4.80. The first kappa shape index (κ1) is 7.81. The lowest BCUT2D eigenvalue weighted by atomic mass is 10.9. The second-order valence-corrected chi connectivity index (χ2v) is 7.33. The van der Waals surface area contributed by atoms with Crippen LogP contribution in [0.5, 0.6) is 0 Å². The summed E-state index contributed by atoms with van der Waals surface area (Å²) in [5.74, 6) is 0. The fourth-order valence-corrected chi connectivity index (χ4v) is 5.56. The summed E-state index contributed by atoms with van der Waals surface area (Å²) in [6.07, 6.45) is 7.52. The predicted molar refractivity (Wildman–Crippen MR) is 49.8 cm³/mol. The van der Waals surface area contributed by atoms with E-state index < -0.39 is 7.14 Å². The molecule has 0 atom stereocenters. The van der Waals surface area contributed by atoms with Gasteiger partial charge >= 0.3 is 0 Å². The summed E-state index contributed by atoms with van der Waals surface area (Å²) in [4.78, 5) is 3.87. The maximum Gasteiger partial charge on any atom is 0.183 e. The van der Waals surface area contributed by atoms with Gasteiger partial charge in [-0.25, -0.2) is 4.98 Å². The van der Waals surface area contributed by atoms with Gasteiger partial charge in [0.05, 0.1) is 6.20 Å². The minimum atomic E-state index is -2.17. The van der Waals surface area contributed by atoms with Crippen LogP contribution in [-0.4, -0.2) is 16.3 Å². The van der Waals surface area contributed by atoms with Crippen molar-refractivity contribution >= 4 is 12.6 Å². The van der Waals surface area contributed by atoms with Crippen molar-refractivity contribution in [2.75, 3.05) is 0 Å². The van der Waals surface area contributed by atoms with E-state index in [4.69, 9.17) is 4.42 Å². The van der Waals surface area contributed by atoms with E-state index in [1.807, 2.05) is 0 Å². The summed E-state index contributed by atoms with van der Waals surface area (Å²) in [7, 11) is -2.17. The van der Waals surface area contributed by atoms with Gasteiger partial charge in [0.25, 0.3) is 0 Å². The number of hydrogen-bond donors (Lipinski definition) is 0. The van der Waals surface area contributed by atoms with Gasteiger partial charge in [-0.1, -0.05) is 0 Å². The summed E-state index contributed by atoms with van der Waals surface area (Å²) in [5.41, 5.74) is 1.53. The summed E-state index contributed by atoms with van der Waals surface area (Å²) < 4.78 is 17.9. The molecule has 0 spiro atoms. The first-order chi connectivity index (χ1) is 6.32. The van der Waals surface area contributed by atoms with Gasteiger partial charge in [0, 0.05) is 11.3 Å². The monoisotopic (exact) mass is 197 g/mol. The van der Waals surface area contributed by atoms with Gasteiger partial charge in [0.15, 0.2) is 19.0 Å². The third-order valence-electron chi connectivity index (χ3n) is 2.94. The fraction of sp³-hybridized carbons (Fsp3) is 0.667. The normalized spacial score (nSPS) is 23.4. The average Bonchev–Trinajstić information content (AvgIpc) is 3.01. The van der Waals surface area contributed by atoms with E-state index in [2.05, 4.69) is 4.98 Å². The molecule has 0 aliphatic heterocycles. The number of aromatic nitrogens is 1. The molecule has 2 aliphatic rings. The van der Waals surface area contributed by atoms with Crippen LogP contribution in [0.15, 0.2) is 17.0 Å². The lowest BCUT2D eigenvalue weighted by molar-refractivity contribution is 0.552. The number of rotatable bonds is 3. The number of nitrogens with zero attached hydrogens (tertiary/aromatic N) is 1. The van der Waals surface area contributed by atoms with Crippen LogP contribution in [0.2, 0.25) is 0 Å². The lowest BCUT2D eigenvalue weighted by Crippen LogP contribution is -2.09. The van der Waals surface area contributed by atoms with Gasteiger partial charge in [0.2, 0.25) is 0 Å². The van der Waals surface area contributed by atoms with Crippen molar-refractivity contribution < 1.29 is 8.98 Å². The first-order valence-corrected chi connectivity index (χ1v) is 6.65. The fourth-order valence-electron chi connectivity index (χ4n) is 1.96. The van der Waals surface area contributed by atoms with Crippen molar-refractivity contribution in [3.8, 4) is 0 Å². The van der Waals surface area contributed by atoms with Crippen molar-refractivity contribution in [2.45, 2.75) is 37.0 Å². The second-order valence-electron chi connectivity index (χ2n) is 4.01. The zero-order valence-electron chi connectivity index (χ0n) is 7.35. The quantitative estimate of drug-likeness (QED) is 0.696. The third kappa shape index (κ3) is 1.10. The molecule has 2 aliphatic carbocycles. The van der Waals surface area contributed by atoms with E-state index in [9.17, 15) is 4.57 Å². The molecule has 0 bridgehead atoms. The molecule has 0 unspecified atom stereocenters. The molecule has 0 N–H and O–H groups in total. The molecule has 0 radical (unpaired) electrons. The smallest absolute Gasteiger partial charge is 0.183 e. The summed E-state index contributed by atoms with van der Waals surface area (Å²) in [6.45, 7) is 0. The van der Waals surface area contributed by atoms with Crippen molar-refractivity contribution in [3.63, 3.8) is 0 Å². The SMILES string of the molecule is O=P(c1cnco1)(C1CC1)C1CC1. The van der Waals surface area contributed by atoms with Crippen LogP contribution in [0.4, 0.5) is 0 Å². The Balaban J connectivity index is 2.03. The van der Waals surface area contributed by atoms with Gasteiger partial charge in [0.1, 0.15) is 0 Å². The number of hydrogen-bond acceptors (Lipinski definition) is 3. The highest BCUT2D eigenvalue weighted by molar-refractivity contribution is 7.73. The maximum absolute atomic E-state index is 12.7. The van der Waals surface area contributed by atoms with Crippen LogP contribution in [-0.2, 0) is 4.57 Å². The Morgan fingerprint density at radius 2 is 1.92 bits per heavy atom. The highest BCUT2D eigenvalue weighted by Crippen LogP contribution is 2.69. The predicted octanol–water partition coefficient (Wildman–Crippen LogP) is 1.99. The molecule has 3 rings (SSSR count). The molecule has 1 aromatic rings. The molecule has 1 heterocycles. The molecular weight excluding hydrogens is 185 g/mol. The van der Waals surface area contributed by atoms with Crippen LogP contribution in [0, 0.1) is 0 Å². The van der Waals surface area contributed by atoms with Gasteiger partial charge in [-0.3, -0.25) is 0 Å². The Morgan fingerprint density at radius 3 is 2.31 bits per heavy atom.